The van der Waals surface area contributed by atoms with E-state index in [4.69, 9.17) is 0 Å². The Bertz CT molecular complexity index is 659. The third kappa shape index (κ3) is 6.17. The molecule has 1 aliphatic heterocycles. The Morgan fingerprint density at radius 2 is 1.96 bits per heavy atom. The van der Waals surface area contributed by atoms with Crippen molar-refractivity contribution in [2.75, 3.05) is 19.6 Å². The van der Waals surface area contributed by atoms with E-state index in [1.165, 1.54) is 0 Å². The molecule has 0 saturated carbocycles. The fourth-order valence-corrected chi connectivity index (χ4v) is 3.23. The first kappa shape index (κ1) is 21.7. The van der Waals surface area contributed by atoms with E-state index >= 15 is 0 Å². The molecule has 136 valence electrons. The second kappa shape index (κ2) is 10.6. The first-order valence-electron chi connectivity index (χ1n) is 7.58. The number of nitrogens with zero attached hydrogens (tertiary/aromatic N) is 1. The van der Waals surface area contributed by atoms with Gasteiger partial charge in [0.1, 0.15) is 5.03 Å². The summed E-state index contributed by atoms with van der Waals surface area (Å²) in [5, 5.41) is 16.6. The molecule has 5 nitrogen and oxygen atoms in total. The van der Waals surface area contributed by atoms with Gasteiger partial charge in [0.15, 0.2) is 0 Å². The molecule has 25 heavy (non-hydrogen) atoms. The minimum Gasteiger partial charge on any atom is -0.391 e. The van der Waals surface area contributed by atoms with Crippen LogP contribution in [0.25, 0.3) is 0 Å². The van der Waals surface area contributed by atoms with Gasteiger partial charge >= 0.3 is 0 Å². The molecule has 2 heterocycles. The van der Waals surface area contributed by atoms with Crippen LogP contribution in [0.2, 0.25) is 0 Å². The number of rotatable bonds is 5. The molecule has 1 saturated heterocycles. The van der Waals surface area contributed by atoms with Crippen LogP contribution in [0.5, 0.6) is 0 Å². The third-order valence-electron chi connectivity index (χ3n) is 3.81. The summed E-state index contributed by atoms with van der Waals surface area (Å²) in [4.78, 5) is 17.4. The maximum absolute atomic E-state index is 12.1. The number of carbonyl (C=O) groups excluding carboxylic acids is 1. The molecule has 0 aliphatic carbocycles. The smallest absolute Gasteiger partial charge is 0.251 e. The summed E-state index contributed by atoms with van der Waals surface area (Å²) < 4.78 is 0. The van der Waals surface area contributed by atoms with Crippen molar-refractivity contribution >= 4 is 42.5 Å². The van der Waals surface area contributed by atoms with Crippen LogP contribution >= 0.6 is 36.6 Å². The third-order valence-corrected chi connectivity index (χ3v) is 4.76. The van der Waals surface area contributed by atoms with Crippen molar-refractivity contribution in [2.24, 2.45) is 5.92 Å². The largest absolute Gasteiger partial charge is 0.391 e. The lowest BCUT2D eigenvalue weighted by molar-refractivity contribution is 0.0927. The second-order valence-electron chi connectivity index (χ2n) is 5.49. The topological polar surface area (TPSA) is 74.2 Å². The van der Waals surface area contributed by atoms with Crippen molar-refractivity contribution in [1.82, 2.24) is 15.6 Å². The Balaban J connectivity index is 0.00000156. The molecule has 0 spiro atoms. The number of hydrogen-bond donors (Lipinski definition) is 3. The lowest BCUT2D eigenvalue weighted by atomic mass is 10.1. The molecule has 3 N–H and O–H groups in total. The highest BCUT2D eigenvalue weighted by molar-refractivity contribution is 7.99. The van der Waals surface area contributed by atoms with Gasteiger partial charge in [-0.2, -0.15) is 0 Å². The van der Waals surface area contributed by atoms with Gasteiger partial charge in [0.2, 0.25) is 0 Å². The Morgan fingerprint density at radius 1 is 1.20 bits per heavy atom. The zero-order chi connectivity index (χ0) is 16.1. The second-order valence-corrected chi connectivity index (χ2v) is 6.58. The van der Waals surface area contributed by atoms with Gasteiger partial charge in [-0.1, -0.05) is 17.8 Å². The van der Waals surface area contributed by atoms with E-state index in [1.54, 1.807) is 18.0 Å². The van der Waals surface area contributed by atoms with E-state index < -0.39 is 0 Å². The summed E-state index contributed by atoms with van der Waals surface area (Å²) >= 11 is 1.56. The highest BCUT2D eigenvalue weighted by atomic mass is 35.5. The number of hydrogen-bond acceptors (Lipinski definition) is 5. The molecule has 2 atom stereocenters. The Hall–Kier alpha value is -1.31. The number of β-amino-alcohol motifs (C(OH)–C–C–N with tert-alkyl or cyclic N) is 1. The van der Waals surface area contributed by atoms with Crippen molar-refractivity contribution in [3.8, 4) is 0 Å². The minimum atomic E-state index is -0.382. The quantitative estimate of drug-likeness (QED) is 0.716. The number of aliphatic hydroxyl groups is 1. The van der Waals surface area contributed by atoms with Crippen LogP contribution < -0.4 is 10.6 Å². The van der Waals surface area contributed by atoms with Gasteiger partial charge in [-0.15, -0.1) is 24.8 Å². The molecule has 0 radical (unpaired) electrons. The number of pyridine rings is 1. The molecule has 2 aromatic rings. The highest BCUT2D eigenvalue weighted by Gasteiger charge is 2.25. The fraction of sp³-hybridized carbons (Fsp3) is 0.294. The van der Waals surface area contributed by atoms with Gasteiger partial charge in [-0.3, -0.25) is 4.79 Å². The predicted molar refractivity (Wildman–Crippen MR) is 104 cm³/mol. The summed E-state index contributed by atoms with van der Waals surface area (Å²) in [7, 11) is 0. The SMILES string of the molecule is Cl.Cl.O=C(NCC1CNCC1O)c1ccc(Sc2ccccn2)cc1. The molecular formula is C17H21Cl2N3O2S. The lowest BCUT2D eigenvalue weighted by Gasteiger charge is -2.14. The number of nitrogens with one attached hydrogen (secondary N) is 2. The first-order chi connectivity index (χ1) is 11.2. The van der Waals surface area contributed by atoms with E-state index in [2.05, 4.69) is 15.6 Å². The molecule has 3 rings (SSSR count). The lowest BCUT2D eigenvalue weighted by Crippen LogP contribution is -2.34. The van der Waals surface area contributed by atoms with Gasteiger partial charge < -0.3 is 15.7 Å². The van der Waals surface area contributed by atoms with Crippen LogP contribution in [-0.4, -0.2) is 41.7 Å². The van der Waals surface area contributed by atoms with Gasteiger partial charge in [-0.05, 0) is 36.4 Å². The zero-order valence-corrected chi connectivity index (χ0v) is 15.9. The van der Waals surface area contributed by atoms with Crippen LogP contribution in [0.4, 0.5) is 0 Å². The van der Waals surface area contributed by atoms with E-state index in [0.29, 0.717) is 18.7 Å². The van der Waals surface area contributed by atoms with Crippen LogP contribution in [0, 0.1) is 5.92 Å². The zero-order valence-electron chi connectivity index (χ0n) is 13.4. The molecule has 1 aromatic heterocycles. The number of aliphatic hydroxyl groups excluding tert-OH is 1. The Kier molecular flexibility index (Phi) is 9.24. The van der Waals surface area contributed by atoms with E-state index in [9.17, 15) is 9.90 Å². The first-order valence-corrected chi connectivity index (χ1v) is 8.40. The molecule has 2 unspecified atom stereocenters. The highest BCUT2D eigenvalue weighted by Crippen LogP contribution is 2.25. The van der Waals surface area contributed by atoms with Gasteiger partial charge in [0.05, 0.1) is 6.10 Å². The van der Waals surface area contributed by atoms with Crippen molar-refractivity contribution in [3.05, 3.63) is 54.2 Å². The summed E-state index contributed by atoms with van der Waals surface area (Å²) in [5.41, 5.74) is 0.621. The molecule has 1 amide bonds. The molecule has 0 bridgehead atoms. The number of carbonyl (C=O) groups is 1. The summed E-state index contributed by atoms with van der Waals surface area (Å²) in [5.74, 6) is -0.0311. The predicted octanol–water partition coefficient (Wildman–Crippen LogP) is 2.39. The standard InChI is InChI=1S/C17H19N3O2S.2ClH/c21-15-11-18-9-13(15)10-20-17(22)12-4-6-14(7-5-12)23-16-3-1-2-8-19-16;;/h1-8,13,15,18,21H,9-11H2,(H,20,22);2*1H. The molecule has 1 fully saturated rings. The summed E-state index contributed by atoms with van der Waals surface area (Å²) in [6.07, 6.45) is 1.38. The van der Waals surface area contributed by atoms with Crippen molar-refractivity contribution < 1.29 is 9.90 Å². The Morgan fingerprint density at radius 3 is 2.56 bits per heavy atom. The van der Waals surface area contributed by atoms with Crippen LogP contribution in [0.3, 0.4) is 0 Å². The molecule has 1 aliphatic rings. The number of amides is 1. The maximum Gasteiger partial charge on any atom is 0.251 e. The number of aromatic nitrogens is 1. The fourth-order valence-electron chi connectivity index (χ4n) is 2.46. The molecule has 8 heteroatoms. The van der Waals surface area contributed by atoms with Crippen LogP contribution in [-0.2, 0) is 0 Å². The van der Waals surface area contributed by atoms with Crippen molar-refractivity contribution in [3.63, 3.8) is 0 Å². The minimum absolute atomic E-state index is 0. The molecule has 1 aromatic carbocycles. The van der Waals surface area contributed by atoms with Crippen molar-refractivity contribution in [1.29, 1.82) is 0 Å². The van der Waals surface area contributed by atoms with E-state index in [0.717, 1.165) is 16.5 Å². The van der Waals surface area contributed by atoms with E-state index in [-0.39, 0.29) is 42.7 Å². The monoisotopic (exact) mass is 401 g/mol. The average Bonchev–Trinajstić information content (AvgIpc) is 2.99. The normalized spacial score (nSPS) is 18.8. The molecular weight excluding hydrogens is 381 g/mol. The van der Waals surface area contributed by atoms with Crippen LogP contribution in [0.1, 0.15) is 10.4 Å². The van der Waals surface area contributed by atoms with Crippen molar-refractivity contribution in [2.45, 2.75) is 16.0 Å². The van der Waals surface area contributed by atoms with Gasteiger partial charge in [-0.25, -0.2) is 4.98 Å². The van der Waals surface area contributed by atoms with Gasteiger partial charge in [0, 0.05) is 42.2 Å². The summed E-state index contributed by atoms with van der Waals surface area (Å²) in [6.45, 7) is 1.82. The van der Waals surface area contributed by atoms with Gasteiger partial charge in [0.25, 0.3) is 5.91 Å². The summed E-state index contributed by atoms with van der Waals surface area (Å²) in [6, 6.07) is 13.2. The number of halogens is 2. The van der Waals surface area contributed by atoms with E-state index in [1.807, 2.05) is 42.5 Å². The Labute approximate surface area is 163 Å². The van der Waals surface area contributed by atoms with Crippen LogP contribution in [0.15, 0.2) is 58.6 Å². The maximum atomic E-state index is 12.1. The average molecular weight is 402 g/mol. The number of benzene rings is 1.